The van der Waals surface area contributed by atoms with Crippen LogP contribution in [0.4, 0.5) is 13.2 Å². The van der Waals surface area contributed by atoms with E-state index in [9.17, 15) is 13.2 Å². The molecule has 0 amide bonds. The van der Waals surface area contributed by atoms with Gasteiger partial charge in [0.25, 0.3) is 0 Å². The first-order chi connectivity index (χ1) is 8.52. The van der Waals surface area contributed by atoms with Crippen LogP contribution in [-0.4, -0.2) is 9.97 Å². The Kier molecular flexibility index (Phi) is 3.52. The molecule has 0 aliphatic heterocycles. The van der Waals surface area contributed by atoms with Crippen LogP contribution in [0.5, 0.6) is 0 Å². The van der Waals surface area contributed by atoms with Crippen molar-refractivity contribution in [2.75, 3.05) is 0 Å². The summed E-state index contributed by atoms with van der Waals surface area (Å²) in [6.45, 7) is 0. The molecule has 0 saturated carbocycles. The Labute approximate surface area is 106 Å². The molecule has 0 radical (unpaired) electrons. The van der Waals surface area contributed by atoms with E-state index in [0.29, 0.717) is 11.1 Å². The second-order valence-electron chi connectivity index (χ2n) is 3.59. The van der Waals surface area contributed by atoms with Gasteiger partial charge >= 0.3 is 6.18 Å². The number of hydrogen-bond acceptors (Lipinski definition) is 2. The Morgan fingerprint density at radius 3 is 2.50 bits per heavy atom. The maximum atomic E-state index is 12.8. The van der Waals surface area contributed by atoms with Crippen molar-refractivity contribution in [3.8, 4) is 11.1 Å². The molecule has 0 aliphatic carbocycles. The molecule has 2 rings (SSSR count). The minimum atomic E-state index is -4.46. The standard InChI is InChI=1S/C12H8ClF3N2/c13-5-11-10(12(14,15)16)4-9(7-18-11)8-2-1-3-17-6-8/h1-4,6-7H,5H2. The molecule has 2 aromatic rings. The van der Waals surface area contributed by atoms with Crippen LogP contribution < -0.4 is 0 Å². The molecular formula is C12H8ClF3N2. The molecule has 0 N–H and O–H groups in total. The molecule has 18 heavy (non-hydrogen) atoms. The van der Waals surface area contributed by atoms with Crippen LogP contribution in [0.1, 0.15) is 11.3 Å². The van der Waals surface area contributed by atoms with Crippen molar-refractivity contribution in [3.05, 3.63) is 48.0 Å². The van der Waals surface area contributed by atoms with E-state index in [1.54, 1.807) is 18.3 Å². The zero-order valence-electron chi connectivity index (χ0n) is 9.08. The van der Waals surface area contributed by atoms with Crippen molar-refractivity contribution in [1.82, 2.24) is 9.97 Å². The maximum absolute atomic E-state index is 12.8. The number of aromatic nitrogens is 2. The Balaban J connectivity index is 2.53. The summed E-state index contributed by atoms with van der Waals surface area (Å²) < 4.78 is 38.5. The van der Waals surface area contributed by atoms with Crippen molar-refractivity contribution in [3.63, 3.8) is 0 Å². The number of nitrogens with zero attached hydrogens (tertiary/aromatic N) is 2. The van der Waals surface area contributed by atoms with Gasteiger partial charge in [0, 0.05) is 29.7 Å². The number of rotatable bonds is 2. The molecule has 0 fully saturated rings. The highest BCUT2D eigenvalue weighted by Crippen LogP contribution is 2.34. The molecular weight excluding hydrogens is 265 g/mol. The van der Waals surface area contributed by atoms with Gasteiger partial charge < -0.3 is 0 Å². The lowest BCUT2D eigenvalue weighted by atomic mass is 10.1. The molecule has 2 nitrogen and oxygen atoms in total. The third-order valence-corrected chi connectivity index (χ3v) is 2.65. The third-order valence-electron chi connectivity index (χ3n) is 2.40. The van der Waals surface area contributed by atoms with Crippen LogP contribution in [0.25, 0.3) is 11.1 Å². The fraction of sp³-hybridized carbons (Fsp3) is 0.167. The highest BCUT2D eigenvalue weighted by molar-refractivity contribution is 6.17. The summed E-state index contributed by atoms with van der Waals surface area (Å²) in [6.07, 6.45) is -0.0638. The highest BCUT2D eigenvalue weighted by atomic mass is 35.5. The van der Waals surface area contributed by atoms with E-state index in [0.717, 1.165) is 6.07 Å². The first-order valence-electron chi connectivity index (χ1n) is 5.05. The first kappa shape index (κ1) is 12.8. The summed E-state index contributed by atoms with van der Waals surface area (Å²) in [5.74, 6) is -0.276. The Morgan fingerprint density at radius 1 is 1.17 bits per heavy atom. The second kappa shape index (κ2) is 4.94. The van der Waals surface area contributed by atoms with Gasteiger partial charge in [0.2, 0.25) is 0 Å². The lowest BCUT2D eigenvalue weighted by molar-refractivity contribution is -0.138. The number of hydrogen-bond donors (Lipinski definition) is 0. The quantitative estimate of drug-likeness (QED) is 0.775. The van der Waals surface area contributed by atoms with Crippen molar-refractivity contribution in [2.45, 2.75) is 12.1 Å². The van der Waals surface area contributed by atoms with E-state index in [4.69, 9.17) is 11.6 Å². The van der Waals surface area contributed by atoms with Crippen molar-refractivity contribution in [2.24, 2.45) is 0 Å². The van der Waals surface area contributed by atoms with Gasteiger partial charge in [-0.2, -0.15) is 13.2 Å². The van der Waals surface area contributed by atoms with Crippen LogP contribution in [0.2, 0.25) is 0 Å². The van der Waals surface area contributed by atoms with Gasteiger partial charge in [-0.15, -0.1) is 11.6 Å². The van der Waals surface area contributed by atoms with E-state index in [1.165, 1.54) is 12.4 Å². The van der Waals surface area contributed by atoms with E-state index >= 15 is 0 Å². The molecule has 94 valence electrons. The molecule has 0 aliphatic rings. The Morgan fingerprint density at radius 2 is 1.94 bits per heavy atom. The van der Waals surface area contributed by atoms with Gasteiger partial charge in [-0.3, -0.25) is 9.97 Å². The third kappa shape index (κ3) is 2.61. The van der Waals surface area contributed by atoms with E-state index < -0.39 is 11.7 Å². The number of pyridine rings is 2. The van der Waals surface area contributed by atoms with Gasteiger partial charge in [0.15, 0.2) is 0 Å². The number of alkyl halides is 4. The van der Waals surface area contributed by atoms with E-state index in [1.807, 2.05) is 0 Å². The zero-order chi connectivity index (χ0) is 13.2. The first-order valence-corrected chi connectivity index (χ1v) is 5.58. The molecule has 0 atom stereocenters. The van der Waals surface area contributed by atoms with E-state index in [2.05, 4.69) is 9.97 Å². The fourth-order valence-electron chi connectivity index (χ4n) is 1.54. The smallest absolute Gasteiger partial charge is 0.264 e. The minimum absolute atomic E-state index is 0.170. The normalized spacial score (nSPS) is 11.6. The summed E-state index contributed by atoms with van der Waals surface area (Å²) in [5.41, 5.74) is -0.0309. The van der Waals surface area contributed by atoms with Crippen molar-refractivity contribution < 1.29 is 13.2 Å². The molecule has 0 aromatic carbocycles. The summed E-state index contributed by atoms with van der Waals surface area (Å²) in [6, 6.07) is 4.37. The molecule has 6 heteroatoms. The molecule has 0 unspecified atom stereocenters. The van der Waals surface area contributed by atoms with Crippen molar-refractivity contribution >= 4 is 11.6 Å². The van der Waals surface area contributed by atoms with Gasteiger partial charge in [0.05, 0.1) is 17.1 Å². The summed E-state index contributed by atoms with van der Waals surface area (Å²) in [5, 5.41) is 0. The fourth-order valence-corrected chi connectivity index (χ4v) is 1.75. The number of halogens is 4. The lowest BCUT2D eigenvalue weighted by Gasteiger charge is -2.12. The highest BCUT2D eigenvalue weighted by Gasteiger charge is 2.34. The average Bonchev–Trinajstić information content (AvgIpc) is 2.38. The average molecular weight is 273 g/mol. The predicted octanol–water partition coefficient (Wildman–Crippen LogP) is 3.90. The molecule has 2 aromatic heterocycles. The van der Waals surface area contributed by atoms with E-state index in [-0.39, 0.29) is 11.6 Å². The lowest BCUT2D eigenvalue weighted by Crippen LogP contribution is -2.10. The minimum Gasteiger partial charge on any atom is -0.264 e. The van der Waals surface area contributed by atoms with Crippen LogP contribution >= 0.6 is 11.6 Å². The van der Waals surface area contributed by atoms with Crippen LogP contribution in [0.3, 0.4) is 0 Å². The molecule has 0 bridgehead atoms. The largest absolute Gasteiger partial charge is 0.418 e. The zero-order valence-corrected chi connectivity index (χ0v) is 9.83. The Hall–Kier alpha value is -1.62. The summed E-state index contributed by atoms with van der Waals surface area (Å²) in [4.78, 5) is 7.62. The van der Waals surface area contributed by atoms with Crippen molar-refractivity contribution in [1.29, 1.82) is 0 Å². The molecule has 2 heterocycles. The Bertz CT molecular complexity index is 541. The topological polar surface area (TPSA) is 25.8 Å². The van der Waals surface area contributed by atoms with Crippen LogP contribution in [0, 0.1) is 0 Å². The summed E-state index contributed by atoms with van der Waals surface area (Å²) >= 11 is 5.46. The second-order valence-corrected chi connectivity index (χ2v) is 3.86. The van der Waals surface area contributed by atoms with Gasteiger partial charge in [-0.05, 0) is 12.1 Å². The predicted molar refractivity (Wildman–Crippen MR) is 62.0 cm³/mol. The van der Waals surface area contributed by atoms with Crippen LogP contribution in [0.15, 0.2) is 36.8 Å². The summed E-state index contributed by atoms with van der Waals surface area (Å²) in [7, 11) is 0. The SMILES string of the molecule is FC(F)(F)c1cc(-c2cccnc2)cnc1CCl. The van der Waals surface area contributed by atoms with Gasteiger partial charge in [-0.1, -0.05) is 6.07 Å². The van der Waals surface area contributed by atoms with Gasteiger partial charge in [0.1, 0.15) is 0 Å². The monoisotopic (exact) mass is 272 g/mol. The molecule has 0 saturated heterocycles. The maximum Gasteiger partial charge on any atom is 0.418 e. The molecule has 0 spiro atoms. The van der Waals surface area contributed by atoms with Crippen LogP contribution in [-0.2, 0) is 12.1 Å². The van der Waals surface area contributed by atoms with Gasteiger partial charge in [-0.25, -0.2) is 0 Å².